The Balaban J connectivity index is 1.93. The molecule has 1 aromatic carbocycles. The molecule has 0 spiro atoms. The van der Waals surface area contributed by atoms with E-state index in [9.17, 15) is 0 Å². The van der Waals surface area contributed by atoms with Crippen LogP contribution in [-0.4, -0.2) is 16.8 Å². The van der Waals surface area contributed by atoms with E-state index in [1.807, 2.05) is 13.0 Å². The molecule has 0 aliphatic carbocycles. The molecule has 1 aliphatic rings. The average molecular weight is 316 g/mol. The Morgan fingerprint density at radius 3 is 2.95 bits per heavy atom. The molecule has 1 atom stereocenters. The minimum absolute atomic E-state index is 0.0901. The van der Waals surface area contributed by atoms with Crippen molar-refractivity contribution in [3.63, 3.8) is 0 Å². The number of fused-ring (bicyclic) bond motifs is 1. The molecule has 19 heavy (non-hydrogen) atoms. The molecule has 3 rings (SSSR count). The lowest BCUT2D eigenvalue weighted by Crippen LogP contribution is -2.20. The summed E-state index contributed by atoms with van der Waals surface area (Å²) < 4.78 is 5.62. The Bertz CT molecular complexity index is 617. The van der Waals surface area contributed by atoms with Crippen molar-refractivity contribution in [1.29, 1.82) is 0 Å². The van der Waals surface area contributed by atoms with Crippen molar-refractivity contribution in [3.05, 3.63) is 32.7 Å². The Kier molecular flexibility index (Phi) is 3.52. The fourth-order valence-corrected chi connectivity index (χ4v) is 3.29. The van der Waals surface area contributed by atoms with Gasteiger partial charge in [-0.25, -0.2) is 0 Å². The van der Waals surface area contributed by atoms with Gasteiger partial charge in [0, 0.05) is 17.0 Å². The molecule has 2 aromatic rings. The van der Waals surface area contributed by atoms with E-state index in [-0.39, 0.29) is 6.04 Å². The van der Waals surface area contributed by atoms with Gasteiger partial charge in [0.1, 0.15) is 10.8 Å². The Morgan fingerprint density at radius 1 is 1.37 bits per heavy atom. The molecule has 1 N–H and O–H groups in total. The number of hydrogen-bond donors (Lipinski definition) is 1. The molecule has 7 heteroatoms. The van der Waals surface area contributed by atoms with Gasteiger partial charge in [0.25, 0.3) is 0 Å². The molecule has 100 valence electrons. The third-order valence-electron chi connectivity index (χ3n) is 2.89. The summed E-state index contributed by atoms with van der Waals surface area (Å²) >= 11 is 13.7. The Labute approximate surface area is 124 Å². The summed E-state index contributed by atoms with van der Waals surface area (Å²) in [5.41, 5.74) is 0.969. The molecule has 1 aliphatic heterocycles. The summed E-state index contributed by atoms with van der Waals surface area (Å²) in [5, 5.41) is 14.3. The monoisotopic (exact) mass is 315 g/mol. The van der Waals surface area contributed by atoms with Gasteiger partial charge in [-0.15, -0.1) is 10.2 Å². The van der Waals surface area contributed by atoms with E-state index in [1.54, 1.807) is 6.07 Å². The molecular formula is C12H11Cl2N3OS. The van der Waals surface area contributed by atoms with Gasteiger partial charge in [0.15, 0.2) is 0 Å². The maximum atomic E-state index is 6.16. The number of rotatable bonds is 2. The van der Waals surface area contributed by atoms with E-state index in [0.717, 1.165) is 22.1 Å². The van der Waals surface area contributed by atoms with Crippen molar-refractivity contribution in [1.82, 2.24) is 10.2 Å². The first-order valence-electron chi connectivity index (χ1n) is 5.82. The first kappa shape index (κ1) is 13.0. The van der Waals surface area contributed by atoms with Gasteiger partial charge < -0.3 is 10.1 Å². The van der Waals surface area contributed by atoms with Gasteiger partial charge in [-0.3, -0.25) is 0 Å². The van der Waals surface area contributed by atoms with Gasteiger partial charge in [0.2, 0.25) is 5.13 Å². The zero-order valence-corrected chi connectivity index (χ0v) is 12.4. The van der Waals surface area contributed by atoms with Crippen LogP contribution in [0.2, 0.25) is 10.0 Å². The van der Waals surface area contributed by atoms with Crippen LogP contribution >= 0.6 is 34.5 Å². The highest BCUT2D eigenvalue weighted by Crippen LogP contribution is 2.41. The van der Waals surface area contributed by atoms with Crippen molar-refractivity contribution < 1.29 is 4.74 Å². The molecule has 0 radical (unpaired) electrons. The number of aryl methyl sites for hydroxylation is 1. The molecule has 1 unspecified atom stereocenters. The smallest absolute Gasteiger partial charge is 0.206 e. The standard InChI is InChI=1S/C12H11Cl2N3OS/c1-6-16-17-12(19-6)15-10-2-3-18-11-8(10)4-7(13)5-9(11)14/h4-5,10H,2-3H2,1H3,(H,15,17). The molecule has 0 bridgehead atoms. The second-order valence-electron chi connectivity index (χ2n) is 4.27. The zero-order chi connectivity index (χ0) is 13.4. The summed E-state index contributed by atoms with van der Waals surface area (Å²) in [7, 11) is 0. The predicted molar refractivity (Wildman–Crippen MR) is 77.6 cm³/mol. The van der Waals surface area contributed by atoms with Crippen LogP contribution in [0.5, 0.6) is 5.75 Å². The van der Waals surface area contributed by atoms with E-state index in [4.69, 9.17) is 27.9 Å². The van der Waals surface area contributed by atoms with Crippen LogP contribution in [0.4, 0.5) is 5.13 Å². The normalized spacial score (nSPS) is 17.7. The van der Waals surface area contributed by atoms with Gasteiger partial charge in [-0.1, -0.05) is 34.5 Å². The molecule has 1 aromatic heterocycles. The molecular weight excluding hydrogens is 305 g/mol. The first-order valence-corrected chi connectivity index (χ1v) is 7.39. The van der Waals surface area contributed by atoms with Crippen molar-refractivity contribution in [2.45, 2.75) is 19.4 Å². The van der Waals surface area contributed by atoms with Crippen LogP contribution in [0.15, 0.2) is 12.1 Å². The number of benzene rings is 1. The van der Waals surface area contributed by atoms with Crippen LogP contribution in [0.25, 0.3) is 0 Å². The molecule has 2 heterocycles. The summed E-state index contributed by atoms with van der Waals surface area (Å²) in [5.74, 6) is 0.705. The number of halogens is 2. The number of anilines is 1. The quantitative estimate of drug-likeness (QED) is 0.906. The number of hydrogen-bond acceptors (Lipinski definition) is 5. The maximum Gasteiger partial charge on any atom is 0.206 e. The lowest BCUT2D eigenvalue weighted by Gasteiger charge is -2.27. The third-order valence-corrected chi connectivity index (χ3v) is 4.16. The number of nitrogens with one attached hydrogen (secondary N) is 1. The largest absolute Gasteiger partial charge is 0.492 e. The summed E-state index contributed by atoms with van der Waals surface area (Å²) in [6.07, 6.45) is 0.836. The lowest BCUT2D eigenvalue weighted by molar-refractivity contribution is 0.274. The highest BCUT2D eigenvalue weighted by atomic mass is 35.5. The molecule has 4 nitrogen and oxygen atoms in total. The van der Waals surface area contributed by atoms with E-state index < -0.39 is 0 Å². The maximum absolute atomic E-state index is 6.16. The summed E-state index contributed by atoms with van der Waals surface area (Å²) in [6.45, 7) is 2.54. The van der Waals surface area contributed by atoms with Gasteiger partial charge in [-0.2, -0.15) is 0 Å². The minimum atomic E-state index is 0.0901. The fourth-order valence-electron chi connectivity index (χ4n) is 2.08. The lowest BCUT2D eigenvalue weighted by atomic mass is 10.0. The van der Waals surface area contributed by atoms with E-state index in [0.29, 0.717) is 22.4 Å². The van der Waals surface area contributed by atoms with Gasteiger partial charge in [-0.05, 0) is 19.1 Å². The molecule has 0 saturated carbocycles. The fraction of sp³-hybridized carbons (Fsp3) is 0.333. The van der Waals surface area contributed by atoms with Crippen LogP contribution in [0.3, 0.4) is 0 Å². The molecule has 0 amide bonds. The van der Waals surface area contributed by atoms with Crippen molar-refractivity contribution in [3.8, 4) is 5.75 Å². The highest BCUT2D eigenvalue weighted by Gasteiger charge is 2.25. The summed E-state index contributed by atoms with van der Waals surface area (Å²) in [6, 6.07) is 3.67. The Morgan fingerprint density at radius 2 is 2.21 bits per heavy atom. The second kappa shape index (κ2) is 5.15. The van der Waals surface area contributed by atoms with Gasteiger partial charge in [0.05, 0.1) is 17.7 Å². The van der Waals surface area contributed by atoms with Gasteiger partial charge >= 0.3 is 0 Å². The average Bonchev–Trinajstić information content (AvgIpc) is 2.76. The predicted octanol–water partition coefficient (Wildman–Crippen LogP) is 4.09. The van der Waals surface area contributed by atoms with Crippen LogP contribution in [0.1, 0.15) is 23.0 Å². The third kappa shape index (κ3) is 2.63. The SMILES string of the molecule is Cc1nnc(NC2CCOc3c(Cl)cc(Cl)cc32)s1. The van der Waals surface area contributed by atoms with E-state index in [1.165, 1.54) is 11.3 Å². The summed E-state index contributed by atoms with van der Waals surface area (Å²) in [4.78, 5) is 0. The van der Waals surface area contributed by atoms with E-state index in [2.05, 4.69) is 15.5 Å². The van der Waals surface area contributed by atoms with Crippen molar-refractivity contribution in [2.75, 3.05) is 11.9 Å². The Hall–Kier alpha value is -1.04. The first-order chi connectivity index (χ1) is 9.13. The number of aromatic nitrogens is 2. The molecule has 0 saturated heterocycles. The van der Waals surface area contributed by atoms with Crippen LogP contribution in [-0.2, 0) is 0 Å². The van der Waals surface area contributed by atoms with Crippen LogP contribution < -0.4 is 10.1 Å². The van der Waals surface area contributed by atoms with E-state index >= 15 is 0 Å². The highest BCUT2D eigenvalue weighted by molar-refractivity contribution is 7.15. The zero-order valence-electron chi connectivity index (χ0n) is 10.1. The number of ether oxygens (including phenoxy) is 1. The minimum Gasteiger partial charge on any atom is -0.492 e. The van der Waals surface area contributed by atoms with Crippen molar-refractivity contribution >= 4 is 39.7 Å². The van der Waals surface area contributed by atoms with Crippen molar-refractivity contribution in [2.24, 2.45) is 0 Å². The van der Waals surface area contributed by atoms with Crippen LogP contribution in [0, 0.1) is 6.92 Å². The topological polar surface area (TPSA) is 47.0 Å². The second-order valence-corrected chi connectivity index (χ2v) is 6.29. The molecule has 0 fully saturated rings. The number of nitrogens with zero attached hydrogens (tertiary/aromatic N) is 2.